The van der Waals surface area contributed by atoms with Crippen LogP contribution in [-0.2, 0) is 9.47 Å². The minimum absolute atomic E-state index is 0.132. The van der Waals surface area contributed by atoms with Gasteiger partial charge in [0.1, 0.15) is 0 Å². The molecule has 3 aliphatic rings. The molecule has 3 heterocycles. The first-order valence-corrected chi connectivity index (χ1v) is 14.0. The highest BCUT2D eigenvalue weighted by atomic mass is 35.5. The Hall–Kier alpha value is -2.06. The number of unbranched alkanes of at least 4 members (excludes halogenated alkanes) is 3. The Balaban J connectivity index is 1.22. The maximum Gasteiger partial charge on any atom is 0.256 e. The number of amides is 1. The van der Waals surface area contributed by atoms with Gasteiger partial charge in [-0.2, -0.15) is 0 Å². The van der Waals surface area contributed by atoms with Crippen molar-refractivity contribution in [2.45, 2.75) is 44.8 Å². The first kappa shape index (κ1) is 25.6. The zero-order valence-corrected chi connectivity index (χ0v) is 21.8. The molecule has 0 aliphatic carbocycles. The molecule has 0 radical (unpaired) electrons. The number of nitrogens with zero attached hydrogens (tertiary/aromatic N) is 3. The number of aliphatic hydroxyl groups excluding tert-OH is 1. The number of rotatable bonds is 14. The number of carbonyl (C=O) groups excluding carboxylic acids is 1. The maximum absolute atomic E-state index is 13.5. The Labute approximate surface area is 218 Å². The summed E-state index contributed by atoms with van der Waals surface area (Å²) in [4.78, 5) is 19.8. The summed E-state index contributed by atoms with van der Waals surface area (Å²) in [5.74, 6) is 0.593. The maximum atomic E-state index is 13.5. The van der Waals surface area contributed by atoms with E-state index in [1.165, 1.54) is 29.1 Å². The van der Waals surface area contributed by atoms with Gasteiger partial charge in [0.05, 0.1) is 19.8 Å². The van der Waals surface area contributed by atoms with Crippen LogP contribution in [0.1, 0.15) is 60.7 Å². The number of ether oxygens (including phenoxy) is 2. The lowest BCUT2D eigenvalue weighted by Gasteiger charge is -2.40. The fourth-order valence-corrected chi connectivity index (χ4v) is 5.50. The van der Waals surface area contributed by atoms with E-state index in [-0.39, 0.29) is 5.91 Å². The van der Waals surface area contributed by atoms with E-state index in [0.29, 0.717) is 31.9 Å². The van der Waals surface area contributed by atoms with E-state index < -0.39 is 6.23 Å². The van der Waals surface area contributed by atoms with E-state index >= 15 is 0 Å². The van der Waals surface area contributed by atoms with Crippen LogP contribution in [-0.4, -0.2) is 80.9 Å². The van der Waals surface area contributed by atoms with Crippen LogP contribution in [0.3, 0.4) is 0 Å². The van der Waals surface area contributed by atoms with Crippen LogP contribution in [0.4, 0.5) is 11.4 Å². The number of benzene rings is 2. The molecular weight excluding hydrogens is 478 g/mol. The summed E-state index contributed by atoms with van der Waals surface area (Å²) in [6.45, 7) is 6.59. The molecule has 1 N–H and O–H groups in total. The Kier molecular flexibility index (Phi) is 8.52. The lowest BCUT2D eigenvalue weighted by atomic mass is 9.89. The second-order valence-electron chi connectivity index (χ2n) is 9.94. The second-order valence-corrected chi connectivity index (χ2v) is 10.3. The van der Waals surface area contributed by atoms with Crippen molar-refractivity contribution in [3.63, 3.8) is 0 Å². The molecule has 1 amide bonds. The van der Waals surface area contributed by atoms with Gasteiger partial charge in [-0.15, -0.1) is 11.6 Å². The number of anilines is 2. The number of hydrogen-bond donors (Lipinski definition) is 1. The Morgan fingerprint density at radius 3 is 2.08 bits per heavy atom. The van der Waals surface area contributed by atoms with E-state index in [1.807, 2.05) is 12.1 Å². The average molecular weight is 516 g/mol. The normalized spacial score (nSPS) is 19.1. The van der Waals surface area contributed by atoms with Gasteiger partial charge in [-0.25, -0.2) is 0 Å². The monoisotopic (exact) mass is 515 g/mol. The molecule has 0 aromatic heterocycles. The van der Waals surface area contributed by atoms with E-state index in [1.54, 1.807) is 0 Å². The lowest BCUT2D eigenvalue weighted by Crippen LogP contribution is -2.42. The zero-order valence-electron chi connectivity index (χ0n) is 21.1. The van der Waals surface area contributed by atoms with Gasteiger partial charge < -0.3 is 29.3 Å². The van der Waals surface area contributed by atoms with Crippen LogP contribution in [0.25, 0.3) is 10.8 Å². The van der Waals surface area contributed by atoms with Gasteiger partial charge in [0, 0.05) is 78.5 Å². The van der Waals surface area contributed by atoms with E-state index in [4.69, 9.17) is 21.1 Å². The highest BCUT2D eigenvalue weighted by Gasteiger charge is 2.35. The highest BCUT2D eigenvalue weighted by molar-refractivity contribution is 6.18. The van der Waals surface area contributed by atoms with Crippen molar-refractivity contribution in [2.24, 2.45) is 0 Å². The Morgan fingerprint density at radius 2 is 1.44 bits per heavy atom. The molecule has 8 heteroatoms. The lowest BCUT2D eigenvalue weighted by molar-refractivity contribution is -0.0149. The average Bonchev–Trinajstić information content (AvgIpc) is 2.81. The summed E-state index contributed by atoms with van der Waals surface area (Å²) in [6, 6.07) is 8.18. The van der Waals surface area contributed by atoms with Crippen molar-refractivity contribution in [3.05, 3.63) is 35.4 Å². The summed E-state index contributed by atoms with van der Waals surface area (Å²) in [5, 5.41) is 13.3. The molecule has 2 aromatic rings. The molecule has 2 saturated heterocycles. The standard InChI is InChI=1S/C28H38ClN3O4/c29-11-3-1-2-4-17-35-19-20-36-18-16-32-27(33)21-7-9-23(30-12-5-13-30)26-24(31-14-6-15-31)10-8-22(25(21)26)28(32)34/h7-10,27,33H,1-6,11-20H2. The largest absolute Gasteiger partial charge is 0.379 e. The van der Waals surface area contributed by atoms with Crippen LogP contribution >= 0.6 is 11.6 Å². The molecule has 1 atom stereocenters. The molecule has 2 aromatic carbocycles. The summed E-state index contributed by atoms with van der Waals surface area (Å²) in [7, 11) is 0. The van der Waals surface area contributed by atoms with Crippen LogP contribution in [0.15, 0.2) is 24.3 Å². The first-order valence-electron chi connectivity index (χ1n) is 13.5. The molecule has 5 rings (SSSR count). The molecular formula is C28H38ClN3O4. The van der Waals surface area contributed by atoms with Crippen molar-refractivity contribution < 1.29 is 19.4 Å². The van der Waals surface area contributed by atoms with E-state index in [9.17, 15) is 9.90 Å². The third kappa shape index (κ3) is 5.17. The van der Waals surface area contributed by atoms with Crippen molar-refractivity contribution >= 4 is 39.7 Å². The van der Waals surface area contributed by atoms with Gasteiger partial charge in [-0.05, 0) is 43.9 Å². The second kappa shape index (κ2) is 12.0. The van der Waals surface area contributed by atoms with Gasteiger partial charge in [-0.3, -0.25) is 4.79 Å². The minimum atomic E-state index is -0.975. The summed E-state index contributed by atoms with van der Waals surface area (Å²) >= 11 is 5.69. The molecule has 3 aliphatic heterocycles. The smallest absolute Gasteiger partial charge is 0.256 e. The fourth-order valence-electron chi connectivity index (χ4n) is 5.32. The van der Waals surface area contributed by atoms with Gasteiger partial charge in [0.15, 0.2) is 6.23 Å². The zero-order chi connectivity index (χ0) is 24.9. The molecule has 7 nitrogen and oxygen atoms in total. The van der Waals surface area contributed by atoms with Crippen LogP contribution in [0, 0.1) is 0 Å². The van der Waals surface area contributed by atoms with Crippen molar-refractivity contribution in [3.8, 4) is 0 Å². The quantitative estimate of drug-likeness (QED) is 0.294. The summed E-state index contributed by atoms with van der Waals surface area (Å²) < 4.78 is 11.4. The number of alkyl halides is 1. The van der Waals surface area contributed by atoms with Crippen LogP contribution in [0.2, 0.25) is 0 Å². The molecule has 2 fully saturated rings. The minimum Gasteiger partial charge on any atom is -0.379 e. The van der Waals surface area contributed by atoms with Crippen molar-refractivity contribution in [2.75, 3.05) is 74.8 Å². The van der Waals surface area contributed by atoms with Crippen LogP contribution in [0.5, 0.6) is 0 Å². The third-order valence-corrected chi connectivity index (χ3v) is 7.90. The highest BCUT2D eigenvalue weighted by Crippen LogP contribution is 2.45. The predicted octanol–water partition coefficient (Wildman–Crippen LogP) is 4.54. The third-order valence-electron chi connectivity index (χ3n) is 7.63. The Morgan fingerprint density at radius 1 is 0.806 bits per heavy atom. The SMILES string of the molecule is O=C1c2ccc(N3CCC3)c3c(N4CCC4)ccc(c23)C(O)N1CCOCCOCCCCCCCl. The Bertz CT molecular complexity index is 1040. The predicted molar refractivity (Wildman–Crippen MR) is 144 cm³/mol. The van der Waals surface area contributed by atoms with Gasteiger partial charge in [0.25, 0.3) is 5.91 Å². The molecule has 0 saturated carbocycles. The van der Waals surface area contributed by atoms with Gasteiger partial charge >= 0.3 is 0 Å². The summed E-state index contributed by atoms with van der Waals surface area (Å²) in [6.07, 6.45) is 5.78. The van der Waals surface area contributed by atoms with E-state index in [0.717, 1.165) is 80.7 Å². The number of hydrogen-bond acceptors (Lipinski definition) is 6. The number of aliphatic hydroxyl groups is 1. The van der Waals surface area contributed by atoms with Gasteiger partial charge in [-0.1, -0.05) is 18.9 Å². The van der Waals surface area contributed by atoms with Crippen molar-refractivity contribution in [1.29, 1.82) is 0 Å². The van der Waals surface area contributed by atoms with E-state index in [2.05, 4.69) is 21.9 Å². The number of halogens is 1. The molecule has 196 valence electrons. The molecule has 1 unspecified atom stereocenters. The number of carbonyl (C=O) groups is 1. The van der Waals surface area contributed by atoms with Gasteiger partial charge in [0.2, 0.25) is 0 Å². The molecule has 0 bridgehead atoms. The molecule has 0 spiro atoms. The fraction of sp³-hybridized carbons (Fsp3) is 0.607. The topological polar surface area (TPSA) is 65.5 Å². The first-order chi connectivity index (χ1) is 17.7. The van der Waals surface area contributed by atoms with Crippen LogP contribution < -0.4 is 9.80 Å². The molecule has 36 heavy (non-hydrogen) atoms. The van der Waals surface area contributed by atoms with Crippen molar-refractivity contribution in [1.82, 2.24) is 4.90 Å². The summed E-state index contributed by atoms with van der Waals surface area (Å²) in [5.41, 5.74) is 3.84.